The fourth-order valence-electron chi connectivity index (χ4n) is 2.53. The Labute approximate surface area is 175 Å². The molecule has 0 bridgehead atoms. The Balaban J connectivity index is 1.78. The largest absolute Gasteiger partial charge is 0.456 e. The van der Waals surface area contributed by atoms with Crippen molar-refractivity contribution in [3.05, 3.63) is 70.1 Å². The number of hydrogen-bond acceptors (Lipinski definition) is 7. The Hall–Kier alpha value is -3.33. The number of hydrogen-bond donors (Lipinski definition) is 2. The van der Waals surface area contributed by atoms with Crippen LogP contribution in [0.2, 0.25) is 0 Å². The molecule has 0 spiro atoms. The van der Waals surface area contributed by atoms with Gasteiger partial charge >= 0.3 is 5.97 Å². The van der Waals surface area contributed by atoms with Gasteiger partial charge in [0.2, 0.25) is 5.78 Å². The SMILES string of the molecule is CC(C)(C)OC(=O)c1ccc(Nc2nc(N)c(C(=O)c3c(F)cccc3F)s2)cc1. The highest BCUT2D eigenvalue weighted by Crippen LogP contribution is 2.31. The molecule has 9 heteroatoms. The van der Waals surface area contributed by atoms with Crippen LogP contribution in [0.1, 0.15) is 46.4 Å². The van der Waals surface area contributed by atoms with E-state index in [0.29, 0.717) is 11.3 Å². The van der Waals surface area contributed by atoms with Gasteiger partial charge in [-0.3, -0.25) is 4.79 Å². The first-order valence-corrected chi connectivity index (χ1v) is 9.72. The topological polar surface area (TPSA) is 94.3 Å². The van der Waals surface area contributed by atoms with E-state index in [1.807, 2.05) is 0 Å². The molecule has 0 aliphatic heterocycles. The number of benzene rings is 2. The molecular formula is C21H19F2N3O3S. The number of carbonyl (C=O) groups is 2. The van der Waals surface area contributed by atoms with Crippen molar-refractivity contribution in [2.45, 2.75) is 26.4 Å². The summed E-state index contributed by atoms with van der Waals surface area (Å²) in [5.41, 5.74) is 5.46. The average Bonchev–Trinajstić information content (AvgIpc) is 3.00. The van der Waals surface area contributed by atoms with Crippen LogP contribution in [0.15, 0.2) is 42.5 Å². The number of rotatable bonds is 5. The maximum atomic E-state index is 13.9. The Kier molecular flexibility index (Phi) is 5.84. The van der Waals surface area contributed by atoms with Crippen LogP contribution in [0.3, 0.4) is 0 Å². The van der Waals surface area contributed by atoms with Crippen LogP contribution in [0.25, 0.3) is 0 Å². The zero-order chi connectivity index (χ0) is 22.1. The van der Waals surface area contributed by atoms with E-state index in [0.717, 1.165) is 23.5 Å². The highest BCUT2D eigenvalue weighted by Gasteiger charge is 2.24. The summed E-state index contributed by atoms with van der Waals surface area (Å²) in [6, 6.07) is 9.59. The highest BCUT2D eigenvalue weighted by molar-refractivity contribution is 7.18. The minimum absolute atomic E-state index is 0.0770. The van der Waals surface area contributed by atoms with Crippen molar-refractivity contribution in [2.24, 2.45) is 0 Å². The van der Waals surface area contributed by atoms with Crippen LogP contribution in [0.4, 0.5) is 25.4 Å². The first-order chi connectivity index (χ1) is 14.0. The molecule has 0 saturated heterocycles. The molecule has 3 N–H and O–H groups in total. The van der Waals surface area contributed by atoms with Gasteiger partial charge in [-0.15, -0.1) is 0 Å². The number of thiazole rings is 1. The van der Waals surface area contributed by atoms with Gasteiger partial charge in [-0.2, -0.15) is 0 Å². The number of carbonyl (C=O) groups excluding carboxylic acids is 2. The minimum Gasteiger partial charge on any atom is -0.456 e. The van der Waals surface area contributed by atoms with Gasteiger partial charge in [0.1, 0.15) is 27.9 Å². The summed E-state index contributed by atoms with van der Waals surface area (Å²) in [6.45, 7) is 5.33. The number of nitrogens with one attached hydrogen (secondary N) is 1. The number of nitrogens with zero attached hydrogens (tertiary/aromatic N) is 1. The Morgan fingerprint density at radius 3 is 2.23 bits per heavy atom. The molecule has 0 fully saturated rings. The molecule has 0 radical (unpaired) electrons. The van der Waals surface area contributed by atoms with E-state index in [1.54, 1.807) is 45.0 Å². The summed E-state index contributed by atoms with van der Waals surface area (Å²) in [5.74, 6) is -3.41. The Morgan fingerprint density at radius 2 is 1.67 bits per heavy atom. The summed E-state index contributed by atoms with van der Waals surface area (Å²) in [4.78, 5) is 28.6. The van der Waals surface area contributed by atoms with E-state index < -0.39 is 34.6 Å². The molecule has 0 saturated carbocycles. The Morgan fingerprint density at radius 1 is 1.07 bits per heavy atom. The van der Waals surface area contributed by atoms with Crippen LogP contribution in [0, 0.1) is 11.6 Å². The maximum Gasteiger partial charge on any atom is 0.338 e. The van der Waals surface area contributed by atoms with Gasteiger partial charge in [0.15, 0.2) is 5.13 Å². The van der Waals surface area contributed by atoms with Gasteiger partial charge in [-0.25, -0.2) is 18.6 Å². The maximum absolute atomic E-state index is 13.9. The molecule has 0 aliphatic rings. The molecule has 156 valence electrons. The molecule has 6 nitrogen and oxygen atoms in total. The number of ether oxygens (including phenoxy) is 1. The molecule has 0 amide bonds. The molecule has 3 rings (SSSR count). The second kappa shape index (κ2) is 8.19. The molecule has 1 heterocycles. The summed E-state index contributed by atoms with van der Waals surface area (Å²) < 4.78 is 33.1. The van der Waals surface area contributed by atoms with E-state index in [1.165, 1.54) is 6.07 Å². The van der Waals surface area contributed by atoms with Crippen molar-refractivity contribution in [3.8, 4) is 0 Å². The number of ketones is 1. The third-order valence-corrected chi connectivity index (χ3v) is 4.81. The highest BCUT2D eigenvalue weighted by atomic mass is 32.1. The Bertz CT molecular complexity index is 1090. The van der Waals surface area contributed by atoms with Gasteiger partial charge in [0.05, 0.1) is 11.1 Å². The lowest BCUT2D eigenvalue weighted by Crippen LogP contribution is -2.23. The van der Waals surface area contributed by atoms with E-state index in [9.17, 15) is 18.4 Å². The zero-order valence-electron chi connectivity index (χ0n) is 16.5. The molecule has 0 unspecified atom stereocenters. The number of aromatic nitrogens is 1. The van der Waals surface area contributed by atoms with Crippen LogP contribution in [-0.4, -0.2) is 22.3 Å². The van der Waals surface area contributed by atoms with E-state index in [-0.39, 0.29) is 15.8 Å². The van der Waals surface area contributed by atoms with Gasteiger partial charge in [0.25, 0.3) is 0 Å². The third kappa shape index (κ3) is 4.80. The quantitative estimate of drug-likeness (QED) is 0.439. The average molecular weight is 431 g/mol. The molecular weight excluding hydrogens is 412 g/mol. The number of esters is 1. The summed E-state index contributed by atoms with van der Waals surface area (Å²) >= 11 is 0.871. The molecule has 0 atom stereocenters. The van der Waals surface area contributed by atoms with E-state index >= 15 is 0 Å². The minimum atomic E-state index is -0.972. The smallest absolute Gasteiger partial charge is 0.338 e. The van der Waals surface area contributed by atoms with Gasteiger partial charge < -0.3 is 15.8 Å². The van der Waals surface area contributed by atoms with Gasteiger partial charge in [0, 0.05) is 5.69 Å². The summed E-state index contributed by atoms with van der Waals surface area (Å²) in [7, 11) is 0. The first-order valence-electron chi connectivity index (χ1n) is 8.90. The zero-order valence-corrected chi connectivity index (χ0v) is 17.3. The molecule has 0 aliphatic carbocycles. The van der Waals surface area contributed by atoms with Crippen molar-refractivity contribution in [1.82, 2.24) is 4.98 Å². The lowest BCUT2D eigenvalue weighted by Gasteiger charge is -2.19. The summed E-state index contributed by atoms with van der Waals surface area (Å²) in [6.07, 6.45) is 0. The monoisotopic (exact) mass is 431 g/mol. The lowest BCUT2D eigenvalue weighted by atomic mass is 10.1. The normalized spacial score (nSPS) is 11.2. The molecule has 30 heavy (non-hydrogen) atoms. The van der Waals surface area contributed by atoms with Crippen molar-refractivity contribution in [3.63, 3.8) is 0 Å². The van der Waals surface area contributed by atoms with Crippen molar-refractivity contribution < 1.29 is 23.1 Å². The van der Waals surface area contributed by atoms with Crippen molar-refractivity contribution in [1.29, 1.82) is 0 Å². The van der Waals surface area contributed by atoms with Crippen LogP contribution in [0.5, 0.6) is 0 Å². The lowest BCUT2D eigenvalue weighted by molar-refractivity contribution is 0.00694. The number of anilines is 3. The predicted octanol–water partition coefficient (Wildman–Crippen LogP) is 4.93. The number of halogens is 2. The van der Waals surface area contributed by atoms with Gasteiger partial charge in [-0.05, 0) is 57.2 Å². The number of nitrogen functional groups attached to an aromatic ring is 1. The first kappa shape index (κ1) is 21.4. The van der Waals surface area contributed by atoms with Crippen molar-refractivity contribution >= 4 is 39.7 Å². The predicted molar refractivity (Wildman–Crippen MR) is 111 cm³/mol. The second-order valence-electron chi connectivity index (χ2n) is 7.36. The van der Waals surface area contributed by atoms with Crippen molar-refractivity contribution in [2.75, 3.05) is 11.1 Å². The number of nitrogens with two attached hydrogens (primary N) is 1. The summed E-state index contributed by atoms with van der Waals surface area (Å²) in [5, 5.41) is 3.21. The molecule has 3 aromatic rings. The van der Waals surface area contributed by atoms with E-state index in [4.69, 9.17) is 10.5 Å². The second-order valence-corrected chi connectivity index (χ2v) is 8.36. The van der Waals surface area contributed by atoms with Crippen LogP contribution < -0.4 is 11.1 Å². The van der Waals surface area contributed by atoms with Crippen LogP contribution >= 0.6 is 11.3 Å². The standard InChI is InChI=1S/C21H19F2N3O3S/c1-21(2,3)29-19(28)11-7-9-12(10-8-11)25-20-26-18(24)17(30-20)16(27)15-13(22)5-4-6-14(15)23/h4-10H,24H2,1-3H3,(H,25,26). The fourth-order valence-corrected chi connectivity index (χ4v) is 3.38. The fraction of sp³-hybridized carbons (Fsp3) is 0.190. The third-order valence-electron chi connectivity index (χ3n) is 3.82. The molecule has 2 aromatic carbocycles. The van der Waals surface area contributed by atoms with Gasteiger partial charge in [-0.1, -0.05) is 17.4 Å². The molecule has 1 aromatic heterocycles. The van der Waals surface area contributed by atoms with Crippen LogP contribution in [-0.2, 0) is 4.74 Å². The van der Waals surface area contributed by atoms with E-state index in [2.05, 4.69) is 10.3 Å².